The first-order chi connectivity index (χ1) is 10.6. The monoisotopic (exact) mass is 299 g/mol. The van der Waals surface area contributed by atoms with Crippen molar-refractivity contribution in [3.8, 4) is 0 Å². The fourth-order valence-corrected chi connectivity index (χ4v) is 2.32. The van der Waals surface area contributed by atoms with E-state index in [2.05, 4.69) is 47.2 Å². The highest BCUT2D eigenvalue weighted by atomic mass is 15.4. The molecule has 0 bridgehead atoms. The van der Waals surface area contributed by atoms with E-state index in [-0.39, 0.29) is 0 Å². The van der Waals surface area contributed by atoms with Crippen molar-refractivity contribution in [1.82, 2.24) is 14.6 Å². The molecule has 1 aromatic carbocycles. The van der Waals surface area contributed by atoms with Crippen LogP contribution in [0.15, 0.2) is 35.6 Å². The quantitative estimate of drug-likeness (QED) is 0.800. The molecule has 118 valence electrons. The smallest absolute Gasteiger partial charge is 0.221 e. The largest absolute Gasteiger partial charge is 0.368 e. The number of nitrogens with zero attached hydrogens (tertiary/aromatic N) is 4. The molecule has 0 fully saturated rings. The zero-order chi connectivity index (χ0) is 15.9. The summed E-state index contributed by atoms with van der Waals surface area (Å²) in [5.74, 6) is 0.409. The molecule has 1 aromatic heterocycles. The highest BCUT2D eigenvalue weighted by molar-refractivity contribution is 5.81. The van der Waals surface area contributed by atoms with Crippen LogP contribution in [0.4, 0.5) is 5.95 Å². The maximum absolute atomic E-state index is 5.81. The highest BCUT2D eigenvalue weighted by Gasteiger charge is 2.04. The molecule has 0 spiro atoms. The molecule has 2 N–H and O–H groups in total. The zero-order valence-corrected chi connectivity index (χ0v) is 13.7. The lowest BCUT2D eigenvalue weighted by molar-refractivity contribution is 0.320. The van der Waals surface area contributed by atoms with Crippen molar-refractivity contribution in [2.24, 2.45) is 5.10 Å². The molecule has 0 amide bonds. The normalized spacial score (nSPS) is 11.6. The number of aryl methyl sites for hydroxylation is 1. The van der Waals surface area contributed by atoms with Crippen molar-refractivity contribution in [1.29, 1.82) is 0 Å². The average molecular weight is 299 g/mol. The fraction of sp³-hybridized carbons (Fsp3) is 0.412. The first kappa shape index (κ1) is 16.2. The van der Waals surface area contributed by atoms with Crippen molar-refractivity contribution >= 4 is 12.2 Å². The Labute approximate surface area is 132 Å². The van der Waals surface area contributed by atoms with Crippen LogP contribution >= 0.6 is 0 Å². The molecule has 5 nitrogen and oxygen atoms in total. The van der Waals surface area contributed by atoms with E-state index in [4.69, 9.17) is 5.73 Å². The number of benzene rings is 1. The number of anilines is 1. The van der Waals surface area contributed by atoms with Crippen LogP contribution in [0.1, 0.15) is 36.6 Å². The lowest BCUT2D eigenvalue weighted by atomic mass is 10.1. The van der Waals surface area contributed by atoms with Gasteiger partial charge in [0.05, 0.1) is 18.1 Å². The summed E-state index contributed by atoms with van der Waals surface area (Å²) in [5.41, 5.74) is 9.04. The van der Waals surface area contributed by atoms with Crippen LogP contribution in [-0.2, 0) is 6.54 Å². The van der Waals surface area contributed by atoms with Gasteiger partial charge in [-0.3, -0.25) is 0 Å². The first-order valence-electron chi connectivity index (χ1n) is 7.72. The number of aromatic nitrogens is 2. The number of hydrogen-bond donors (Lipinski definition) is 1. The van der Waals surface area contributed by atoms with E-state index in [9.17, 15) is 0 Å². The lowest BCUT2D eigenvalue weighted by Gasteiger charge is -2.17. The topological polar surface area (TPSA) is 59.4 Å². The summed E-state index contributed by atoms with van der Waals surface area (Å²) < 4.78 is 1.60. The number of rotatable bonds is 7. The summed E-state index contributed by atoms with van der Waals surface area (Å²) in [6.07, 6.45) is 6.10. The highest BCUT2D eigenvalue weighted by Crippen LogP contribution is 2.11. The molecule has 0 saturated heterocycles. The molecular formula is C17H25N5. The second-order valence-corrected chi connectivity index (χ2v) is 5.62. The Morgan fingerprint density at radius 2 is 2.14 bits per heavy atom. The van der Waals surface area contributed by atoms with Gasteiger partial charge in [0.1, 0.15) is 0 Å². The number of unbranched alkanes of at least 4 members (excludes halogenated alkanes) is 1. The van der Waals surface area contributed by atoms with Crippen LogP contribution in [0.2, 0.25) is 0 Å². The molecule has 0 saturated carbocycles. The van der Waals surface area contributed by atoms with E-state index in [1.54, 1.807) is 4.68 Å². The van der Waals surface area contributed by atoms with Gasteiger partial charge in [-0.05, 0) is 38.1 Å². The molecule has 0 aliphatic rings. The van der Waals surface area contributed by atoms with E-state index >= 15 is 0 Å². The SMILES string of the molecule is CCCCN(C)Cc1ccccc1C=Nn1cc(C)nc1N. The molecule has 22 heavy (non-hydrogen) atoms. The summed E-state index contributed by atoms with van der Waals surface area (Å²) in [7, 11) is 2.15. The van der Waals surface area contributed by atoms with Gasteiger partial charge in [0.2, 0.25) is 5.95 Å². The standard InChI is InChI=1S/C17H25N5/c1-4-5-10-21(3)13-16-9-7-6-8-15(16)11-19-22-12-14(2)20-17(22)18/h6-9,11-12H,4-5,10,13H2,1-3H3,(H2,18,20). The Morgan fingerprint density at radius 1 is 1.36 bits per heavy atom. The third kappa shape index (κ3) is 4.43. The third-order valence-electron chi connectivity index (χ3n) is 3.54. The van der Waals surface area contributed by atoms with Gasteiger partial charge in [-0.1, -0.05) is 37.6 Å². The van der Waals surface area contributed by atoms with E-state index in [1.807, 2.05) is 25.4 Å². The van der Waals surface area contributed by atoms with E-state index in [0.717, 1.165) is 24.3 Å². The Bertz CT molecular complexity index is 630. The molecule has 2 rings (SSSR count). The molecule has 1 heterocycles. The van der Waals surface area contributed by atoms with E-state index in [1.165, 1.54) is 18.4 Å². The van der Waals surface area contributed by atoms with Crippen molar-refractivity contribution in [2.75, 3.05) is 19.3 Å². The van der Waals surface area contributed by atoms with Gasteiger partial charge in [0.15, 0.2) is 0 Å². The summed E-state index contributed by atoms with van der Waals surface area (Å²) >= 11 is 0. The average Bonchev–Trinajstić information content (AvgIpc) is 2.82. The Hall–Kier alpha value is -2.14. The molecular weight excluding hydrogens is 274 g/mol. The van der Waals surface area contributed by atoms with Crippen LogP contribution in [0.25, 0.3) is 0 Å². The molecule has 0 radical (unpaired) electrons. The van der Waals surface area contributed by atoms with Crippen molar-refractivity contribution in [2.45, 2.75) is 33.2 Å². The number of imidazole rings is 1. The fourth-order valence-electron chi connectivity index (χ4n) is 2.32. The Morgan fingerprint density at radius 3 is 2.82 bits per heavy atom. The van der Waals surface area contributed by atoms with Crippen LogP contribution < -0.4 is 5.73 Å². The van der Waals surface area contributed by atoms with Gasteiger partial charge >= 0.3 is 0 Å². The minimum absolute atomic E-state index is 0.409. The minimum Gasteiger partial charge on any atom is -0.368 e. The second kappa shape index (κ2) is 7.75. The summed E-state index contributed by atoms with van der Waals surface area (Å²) in [4.78, 5) is 6.49. The van der Waals surface area contributed by atoms with Crippen molar-refractivity contribution in [3.63, 3.8) is 0 Å². The molecule has 2 aromatic rings. The van der Waals surface area contributed by atoms with E-state index < -0.39 is 0 Å². The third-order valence-corrected chi connectivity index (χ3v) is 3.54. The van der Waals surface area contributed by atoms with Crippen LogP contribution in [0.5, 0.6) is 0 Å². The van der Waals surface area contributed by atoms with Gasteiger partial charge in [-0.25, -0.2) is 9.66 Å². The predicted molar refractivity (Wildman–Crippen MR) is 92.1 cm³/mol. The maximum Gasteiger partial charge on any atom is 0.221 e. The summed E-state index contributed by atoms with van der Waals surface area (Å²) in [6.45, 7) is 6.14. The van der Waals surface area contributed by atoms with Gasteiger partial charge in [-0.15, -0.1) is 0 Å². The van der Waals surface area contributed by atoms with Crippen molar-refractivity contribution in [3.05, 3.63) is 47.3 Å². The molecule has 0 unspecified atom stereocenters. The number of hydrogen-bond acceptors (Lipinski definition) is 4. The second-order valence-electron chi connectivity index (χ2n) is 5.62. The molecule has 0 aliphatic heterocycles. The molecule has 5 heteroatoms. The van der Waals surface area contributed by atoms with Crippen LogP contribution in [0.3, 0.4) is 0 Å². The lowest BCUT2D eigenvalue weighted by Crippen LogP contribution is -2.19. The number of nitrogens with two attached hydrogens (primary N) is 1. The zero-order valence-electron chi connectivity index (χ0n) is 13.7. The predicted octanol–water partition coefficient (Wildman–Crippen LogP) is 2.89. The summed E-state index contributed by atoms with van der Waals surface area (Å²) in [6, 6.07) is 8.31. The maximum atomic E-state index is 5.81. The van der Waals surface area contributed by atoms with Crippen LogP contribution in [-0.4, -0.2) is 34.4 Å². The Kier molecular flexibility index (Phi) is 5.72. The van der Waals surface area contributed by atoms with Gasteiger partial charge in [0.25, 0.3) is 0 Å². The molecule has 0 aliphatic carbocycles. The Balaban J connectivity index is 2.12. The van der Waals surface area contributed by atoms with Crippen LogP contribution in [0, 0.1) is 6.92 Å². The van der Waals surface area contributed by atoms with Crippen molar-refractivity contribution < 1.29 is 0 Å². The summed E-state index contributed by atoms with van der Waals surface area (Å²) in [5, 5.41) is 4.41. The van der Waals surface area contributed by atoms with Gasteiger partial charge in [-0.2, -0.15) is 5.10 Å². The van der Waals surface area contributed by atoms with Gasteiger partial charge < -0.3 is 10.6 Å². The number of nitrogen functional groups attached to an aromatic ring is 1. The first-order valence-corrected chi connectivity index (χ1v) is 7.72. The molecule has 0 atom stereocenters. The van der Waals surface area contributed by atoms with Gasteiger partial charge in [0, 0.05) is 6.54 Å². The van der Waals surface area contributed by atoms with E-state index in [0.29, 0.717) is 5.95 Å². The minimum atomic E-state index is 0.409.